The normalized spacial score (nSPS) is 11.0. The Kier molecular flexibility index (Phi) is 5.26. The second-order valence-corrected chi connectivity index (χ2v) is 4.82. The Balaban J connectivity index is 2.20. The number of carbonyl (C=O) groups excluding carboxylic acids is 1. The molecule has 0 atom stereocenters. The third kappa shape index (κ3) is 3.33. The molecule has 1 heterocycles. The van der Waals surface area contributed by atoms with Crippen LogP contribution in [0.15, 0.2) is 30.6 Å². The second kappa shape index (κ2) is 7.17. The van der Waals surface area contributed by atoms with E-state index in [1.807, 2.05) is 24.3 Å². The fourth-order valence-corrected chi connectivity index (χ4v) is 2.31. The zero-order valence-corrected chi connectivity index (χ0v) is 12.9. The van der Waals surface area contributed by atoms with Crippen molar-refractivity contribution >= 4 is 5.91 Å². The van der Waals surface area contributed by atoms with Crippen LogP contribution in [0, 0.1) is 6.92 Å². The van der Waals surface area contributed by atoms with Gasteiger partial charge in [0.05, 0.1) is 12.0 Å². The summed E-state index contributed by atoms with van der Waals surface area (Å²) in [6.07, 6.45) is 1.24. The van der Waals surface area contributed by atoms with E-state index in [1.165, 1.54) is 0 Å². The molecule has 2 aromatic rings. The Morgan fingerprint density at radius 3 is 2.50 bits per heavy atom. The van der Waals surface area contributed by atoms with Gasteiger partial charge in [-0.3, -0.25) is 10.2 Å². The lowest BCUT2D eigenvalue weighted by molar-refractivity contribution is -0.106. The molecule has 0 bridgehead atoms. The lowest BCUT2D eigenvalue weighted by Crippen LogP contribution is -2.32. The number of aromatic nitrogens is 2. The van der Waals surface area contributed by atoms with Gasteiger partial charge < -0.3 is 14.0 Å². The highest BCUT2D eigenvalue weighted by molar-refractivity contribution is 5.93. The van der Waals surface area contributed by atoms with Gasteiger partial charge in [0, 0.05) is 26.3 Å². The molecule has 7 heteroatoms. The molecule has 7 nitrogen and oxygen atoms in total. The first kappa shape index (κ1) is 16.2. The summed E-state index contributed by atoms with van der Waals surface area (Å²) in [5.41, 5.74) is 5.19. The molecule has 0 spiro atoms. The van der Waals surface area contributed by atoms with E-state index in [0.29, 0.717) is 17.9 Å². The number of ether oxygens (including phenoxy) is 2. The number of nitrogen functional groups attached to an aromatic ring is 1. The molecule has 0 unspecified atom stereocenters. The number of benzene rings is 1. The Hall–Kier alpha value is -2.22. The number of rotatable bonds is 6. The fraction of sp³-hybridized carbons (Fsp3) is 0.333. The van der Waals surface area contributed by atoms with Crippen LogP contribution in [0.5, 0.6) is 0 Å². The summed E-state index contributed by atoms with van der Waals surface area (Å²) in [5.74, 6) is 4.85. The van der Waals surface area contributed by atoms with Crippen molar-refractivity contribution in [1.29, 1.82) is 0 Å². The quantitative estimate of drug-likeness (QED) is 0.361. The summed E-state index contributed by atoms with van der Waals surface area (Å²) in [7, 11) is 3.18. The number of amides is 1. The first-order valence-electron chi connectivity index (χ1n) is 6.77. The van der Waals surface area contributed by atoms with Crippen molar-refractivity contribution in [2.75, 3.05) is 14.2 Å². The molecule has 0 aliphatic carbocycles. The van der Waals surface area contributed by atoms with E-state index in [1.54, 1.807) is 32.0 Å². The van der Waals surface area contributed by atoms with E-state index in [-0.39, 0.29) is 12.2 Å². The van der Waals surface area contributed by atoms with Crippen LogP contribution in [0.1, 0.15) is 33.6 Å². The molecule has 0 fully saturated rings. The average Bonchev–Trinajstić information content (AvgIpc) is 2.90. The molecule has 2 rings (SSSR count). The number of carbonyl (C=O) groups is 1. The molecule has 0 aliphatic heterocycles. The summed E-state index contributed by atoms with van der Waals surface area (Å²) in [5, 5.41) is 0. The first-order valence-corrected chi connectivity index (χ1v) is 6.77. The van der Waals surface area contributed by atoms with Crippen LogP contribution < -0.4 is 11.3 Å². The van der Waals surface area contributed by atoms with E-state index < -0.39 is 0 Å². The van der Waals surface area contributed by atoms with E-state index in [4.69, 9.17) is 15.3 Å². The summed E-state index contributed by atoms with van der Waals surface area (Å²) in [6.45, 7) is 2.29. The van der Waals surface area contributed by atoms with Gasteiger partial charge in [-0.2, -0.15) is 0 Å². The standard InChI is InChI=1S/C15H20N4O3/c1-10-13(14(20)18-16)19(9-17-10)8-11-4-6-12(7-5-11)15(21-2)22-3/h4-7,9,15H,8,16H2,1-3H3,(H,18,20). The van der Waals surface area contributed by atoms with Crippen molar-refractivity contribution in [2.24, 2.45) is 5.84 Å². The molecule has 22 heavy (non-hydrogen) atoms. The van der Waals surface area contributed by atoms with Crippen LogP contribution in [0.2, 0.25) is 0 Å². The maximum atomic E-state index is 11.8. The minimum atomic E-state index is -0.386. The van der Waals surface area contributed by atoms with Crippen LogP contribution in [0.25, 0.3) is 0 Å². The molecule has 1 aromatic carbocycles. The number of nitrogens with two attached hydrogens (primary N) is 1. The highest BCUT2D eigenvalue weighted by Gasteiger charge is 2.15. The number of hydrazine groups is 1. The zero-order chi connectivity index (χ0) is 16.1. The predicted molar refractivity (Wildman–Crippen MR) is 80.9 cm³/mol. The highest BCUT2D eigenvalue weighted by Crippen LogP contribution is 2.18. The Bertz CT molecular complexity index is 633. The Morgan fingerprint density at radius 2 is 1.95 bits per heavy atom. The van der Waals surface area contributed by atoms with E-state index in [9.17, 15) is 4.79 Å². The monoisotopic (exact) mass is 304 g/mol. The number of hydrogen-bond acceptors (Lipinski definition) is 5. The molecular formula is C15H20N4O3. The van der Waals surface area contributed by atoms with Gasteiger partial charge in [0.15, 0.2) is 6.29 Å². The lowest BCUT2D eigenvalue weighted by Gasteiger charge is -2.14. The molecule has 0 radical (unpaired) electrons. The highest BCUT2D eigenvalue weighted by atomic mass is 16.7. The van der Waals surface area contributed by atoms with Crippen molar-refractivity contribution < 1.29 is 14.3 Å². The van der Waals surface area contributed by atoms with Crippen LogP contribution >= 0.6 is 0 Å². The Morgan fingerprint density at radius 1 is 1.32 bits per heavy atom. The molecule has 3 N–H and O–H groups in total. The summed E-state index contributed by atoms with van der Waals surface area (Å²) in [4.78, 5) is 16.0. The molecule has 118 valence electrons. The Labute approximate surface area is 129 Å². The topological polar surface area (TPSA) is 91.4 Å². The molecular weight excluding hydrogens is 284 g/mol. The van der Waals surface area contributed by atoms with Crippen molar-refractivity contribution in [3.63, 3.8) is 0 Å². The van der Waals surface area contributed by atoms with Crippen molar-refractivity contribution in [3.05, 3.63) is 53.1 Å². The van der Waals surface area contributed by atoms with Gasteiger partial charge in [0.2, 0.25) is 0 Å². The van der Waals surface area contributed by atoms with E-state index >= 15 is 0 Å². The van der Waals surface area contributed by atoms with Gasteiger partial charge in [0.1, 0.15) is 5.69 Å². The second-order valence-electron chi connectivity index (χ2n) is 4.82. The lowest BCUT2D eigenvalue weighted by atomic mass is 10.1. The number of nitrogens with zero attached hydrogens (tertiary/aromatic N) is 2. The van der Waals surface area contributed by atoms with Crippen molar-refractivity contribution in [2.45, 2.75) is 19.8 Å². The van der Waals surface area contributed by atoms with Crippen LogP contribution in [-0.4, -0.2) is 29.7 Å². The first-order chi connectivity index (χ1) is 10.6. The molecule has 1 amide bonds. The van der Waals surface area contributed by atoms with Crippen LogP contribution in [-0.2, 0) is 16.0 Å². The van der Waals surface area contributed by atoms with E-state index in [2.05, 4.69) is 10.4 Å². The predicted octanol–water partition coefficient (Wildman–Crippen LogP) is 1.13. The maximum Gasteiger partial charge on any atom is 0.283 e. The SMILES string of the molecule is COC(OC)c1ccc(Cn2cnc(C)c2C(=O)NN)cc1. The summed E-state index contributed by atoms with van der Waals surface area (Å²) >= 11 is 0. The average molecular weight is 304 g/mol. The van der Waals surface area contributed by atoms with Crippen LogP contribution in [0.3, 0.4) is 0 Å². The minimum Gasteiger partial charge on any atom is -0.352 e. The van der Waals surface area contributed by atoms with Gasteiger partial charge in [-0.1, -0.05) is 24.3 Å². The molecule has 0 saturated carbocycles. The van der Waals surface area contributed by atoms with Crippen molar-refractivity contribution in [3.8, 4) is 0 Å². The number of aryl methyl sites for hydroxylation is 1. The van der Waals surface area contributed by atoms with Gasteiger partial charge in [-0.15, -0.1) is 0 Å². The minimum absolute atomic E-state index is 0.356. The number of hydrogen-bond donors (Lipinski definition) is 2. The molecule has 0 aliphatic rings. The zero-order valence-electron chi connectivity index (χ0n) is 12.9. The maximum absolute atomic E-state index is 11.8. The number of methoxy groups -OCH3 is 2. The molecule has 0 saturated heterocycles. The van der Waals surface area contributed by atoms with Gasteiger partial charge >= 0.3 is 0 Å². The molecule has 1 aromatic heterocycles. The third-order valence-corrected chi connectivity index (χ3v) is 3.40. The smallest absolute Gasteiger partial charge is 0.283 e. The fourth-order valence-electron chi connectivity index (χ4n) is 2.31. The number of nitrogens with one attached hydrogen (secondary N) is 1. The summed E-state index contributed by atoms with van der Waals surface area (Å²) in [6, 6.07) is 7.78. The van der Waals surface area contributed by atoms with Crippen LogP contribution in [0.4, 0.5) is 0 Å². The van der Waals surface area contributed by atoms with E-state index in [0.717, 1.165) is 11.1 Å². The van der Waals surface area contributed by atoms with Crippen molar-refractivity contribution in [1.82, 2.24) is 15.0 Å². The summed E-state index contributed by atoms with van der Waals surface area (Å²) < 4.78 is 12.2. The number of imidazole rings is 1. The van der Waals surface area contributed by atoms with Gasteiger partial charge in [-0.05, 0) is 12.5 Å². The third-order valence-electron chi connectivity index (χ3n) is 3.40. The largest absolute Gasteiger partial charge is 0.352 e. The van der Waals surface area contributed by atoms with Gasteiger partial charge in [0.25, 0.3) is 5.91 Å². The van der Waals surface area contributed by atoms with Gasteiger partial charge in [-0.25, -0.2) is 10.8 Å².